The Kier molecular flexibility index (Phi) is 15.6. The van der Waals surface area contributed by atoms with Crippen LogP contribution in [0.2, 0.25) is 0 Å². The molecule has 5 N–H and O–H groups in total. The van der Waals surface area contributed by atoms with Crippen molar-refractivity contribution >= 4 is 87.0 Å². The van der Waals surface area contributed by atoms with Gasteiger partial charge in [-0.2, -0.15) is 29.8 Å². The lowest BCUT2D eigenvalue weighted by molar-refractivity contribution is -0.437. The van der Waals surface area contributed by atoms with E-state index in [1.165, 1.54) is 6.07 Å². The number of likely N-dealkylation sites (tertiary alicyclic amines) is 1. The second kappa shape index (κ2) is 19.8. The van der Waals surface area contributed by atoms with Crippen molar-refractivity contribution in [2.75, 3.05) is 60.6 Å². The molecule has 26 heteroatoms. The molecule has 0 unspecified atom stereocenters. The predicted octanol–water partition coefficient (Wildman–Crippen LogP) is 1.08. The van der Waals surface area contributed by atoms with Crippen molar-refractivity contribution in [2.24, 2.45) is 0 Å². The molecule has 1 fully saturated rings. The summed E-state index contributed by atoms with van der Waals surface area (Å²) in [4.78, 5) is 68.6. The van der Waals surface area contributed by atoms with E-state index in [0.717, 1.165) is 11.0 Å². The first-order valence-corrected chi connectivity index (χ1v) is 27.1. The number of rotatable bonds is 21. The Morgan fingerprint density at radius 2 is 1.33 bits per heavy atom. The molecule has 0 spiro atoms. The van der Waals surface area contributed by atoms with Gasteiger partial charge in [0.05, 0.1) is 50.7 Å². The molecule has 366 valence electrons. The van der Waals surface area contributed by atoms with Crippen LogP contribution in [0, 0.1) is 0 Å². The van der Waals surface area contributed by atoms with E-state index in [-0.39, 0.29) is 66.7 Å². The van der Waals surface area contributed by atoms with Gasteiger partial charge in [-0.15, -0.1) is 0 Å². The van der Waals surface area contributed by atoms with Gasteiger partial charge in [0.15, 0.2) is 11.5 Å². The minimum absolute atomic E-state index is 0.0209. The van der Waals surface area contributed by atoms with Gasteiger partial charge in [-0.1, -0.05) is 32.1 Å². The van der Waals surface area contributed by atoms with Crippen LogP contribution in [-0.4, -0.2) is 152 Å². The number of allylic oxidation sites excluding steroid dienone is 4. The summed E-state index contributed by atoms with van der Waals surface area (Å²) in [7, 11) is -18.2. The van der Waals surface area contributed by atoms with Gasteiger partial charge in [-0.05, 0) is 38.5 Å². The van der Waals surface area contributed by atoms with Crippen molar-refractivity contribution in [3.8, 4) is 0 Å². The fraction of sp³-hybridized carbons (Fsp3) is 0.463. The van der Waals surface area contributed by atoms with Gasteiger partial charge < -0.3 is 20.1 Å². The molecular weight excluding hydrogens is 963 g/mol. The fourth-order valence-corrected chi connectivity index (χ4v) is 10.3. The Morgan fingerprint density at radius 1 is 0.746 bits per heavy atom. The highest BCUT2D eigenvalue weighted by Gasteiger charge is 2.48. The zero-order chi connectivity index (χ0) is 50.1. The highest BCUT2D eigenvalue weighted by Crippen LogP contribution is 2.50. The molecule has 3 aliphatic rings. The van der Waals surface area contributed by atoms with Crippen LogP contribution < -0.4 is 15.5 Å². The van der Waals surface area contributed by atoms with E-state index in [9.17, 15) is 75.9 Å². The number of ketones is 1. The Morgan fingerprint density at radius 3 is 1.93 bits per heavy atom. The molecule has 3 aliphatic heterocycles. The molecule has 0 bridgehead atoms. The minimum atomic E-state index is -4.77. The molecule has 4 amide bonds. The van der Waals surface area contributed by atoms with E-state index in [0.29, 0.717) is 22.7 Å². The first-order chi connectivity index (χ1) is 30.8. The highest BCUT2D eigenvalue weighted by atomic mass is 32.2. The Balaban J connectivity index is 1.65. The molecule has 0 radical (unpaired) electrons. The Bertz CT molecular complexity index is 2940. The summed E-state index contributed by atoms with van der Waals surface area (Å²) in [6.07, 6.45) is 4.57. The second-order valence-corrected chi connectivity index (χ2v) is 23.3. The van der Waals surface area contributed by atoms with E-state index in [4.69, 9.17) is 0 Å². The number of fused-ring (bicyclic) bond motifs is 2. The molecule has 0 aliphatic carbocycles. The van der Waals surface area contributed by atoms with E-state index in [2.05, 4.69) is 10.6 Å². The minimum Gasteiger partial charge on any atom is -0.748 e. The number of Topliss-reactive ketones (excluding diaryl/α,β-unsaturated/α-hetero) is 1. The maximum atomic E-state index is 13.9. The van der Waals surface area contributed by atoms with Crippen molar-refractivity contribution in [2.45, 2.75) is 64.2 Å². The Hall–Kier alpha value is -5.22. The number of carbonyl (C=O) groups excluding carboxylic acids is 5. The molecule has 3 heterocycles. The summed E-state index contributed by atoms with van der Waals surface area (Å²) in [5.41, 5.74) is -0.105. The van der Waals surface area contributed by atoms with Crippen LogP contribution in [0.4, 0.5) is 11.4 Å². The summed E-state index contributed by atoms with van der Waals surface area (Å²) < 4.78 is 134. The summed E-state index contributed by atoms with van der Waals surface area (Å²) in [5.74, 6) is -6.45. The average molecular weight is 1010 g/mol. The van der Waals surface area contributed by atoms with Crippen LogP contribution in [0.3, 0.4) is 0 Å². The molecule has 2 aromatic rings. The van der Waals surface area contributed by atoms with Crippen LogP contribution in [0.5, 0.6) is 0 Å². The van der Waals surface area contributed by atoms with Gasteiger partial charge in [0.1, 0.15) is 6.54 Å². The molecule has 67 heavy (non-hydrogen) atoms. The third-order valence-electron chi connectivity index (χ3n) is 11.5. The number of imide groups is 1. The lowest BCUT2D eigenvalue weighted by atomic mass is 9.78. The number of carbonyl (C=O) groups is 5. The van der Waals surface area contributed by atoms with E-state index in [1.54, 1.807) is 73.6 Å². The zero-order valence-electron chi connectivity index (χ0n) is 36.8. The summed E-state index contributed by atoms with van der Waals surface area (Å²) in [5, 5.41) is 4.69. The number of hydrogen-bond donors (Lipinski definition) is 5. The van der Waals surface area contributed by atoms with Crippen LogP contribution >= 0.6 is 0 Å². The molecular formula is C41H51N5O17S4. The molecule has 1 saturated heterocycles. The van der Waals surface area contributed by atoms with Crippen LogP contribution in [0.1, 0.15) is 95.6 Å². The zero-order valence-corrected chi connectivity index (χ0v) is 40.1. The Labute approximate surface area is 388 Å². The number of anilines is 1. The largest absolute Gasteiger partial charge is 0.748 e. The smallest absolute Gasteiger partial charge is 0.266 e. The first-order valence-electron chi connectivity index (χ1n) is 20.7. The molecule has 0 aromatic heterocycles. The number of hydrogen-bond acceptors (Lipinski definition) is 15. The topological polar surface area (TPSA) is 339 Å². The van der Waals surface area contributed by atoms with E-state index in [1.807, 2.05) is 0 Å². The first kappa shape index (κ1) is 52.7. The van der Waals surface area contributed by atoms with Crippen molar-refractivity contribution in [1.82, 2.24) is 15.5 Å². The lowest BCUT2D eigenvalue weighted by Crippen LogP contribution is -2.35. The molecule has 0 saturated carbocycles. The molecule has 0 atom stereocenters. The van der Waals surface area contributed by atoms with Crippen LogP contribution in [0.25, 0.3) is 0 Å². The normalized spacial score (nSPS) is 17.7. The van der Waals surface area contributed by atoms with E-state index >= 15 is 0 Å². The molecule has 5 rings (SSSR count). The monoisotopic (exact) mass is 1010 g/mol. The molecule has 22 nitrogen and oxygen atoms in total. The van der Waals surface area contributed by atoms with Gasteiger partial charge in [0, 0.05) is 90.1 Å². The third-order valence-corrected chi connectivity index (χ3v) is 14.5. The maximum Gasteiger partial charge on any atom is 0.266 e. The van der Waals surface area contributed by atoms with Gasteiger partial charge in [-0.25, -0.2) is 8.42 Å². The third kappa shape index (κ3) is 12.9. The highest BCUT2D eigenvalue weighted by molar-refractivity contribution is 7.86. The predicted molar refractivity (Wildman–Crippen MR) is 241 cm³/mol. The number of nitrogens with zero attached hydrogens (tertiary/aromatic N) is 3. The van der Waals surface area contributed by atoms with Gasteiger partial charge in [-0.3, -0.25) is 42.5 Å². The van der Waals surface area contributed by atoms with Crippen molar-refractivity contribution < 1.29 is 80.4 Å². The van der Waals surface area contributed by atoms with Gasteiger partial charge in [0.25, 0.3) is 42.2 Å². The second-order valence-electron chi connectivity index (χ2n) is 17.1. The summed E-state index contributed by atoms with van der Waals surface area (Å²) in [6.45, 7) is 5.19. The van der Waals surface area contributed by atoms with Crippen molar-refractivity contribution in [1.29, 1.82) is 0 Å². The maximum absolute atomic E-state index is 13.9. The van der Waals surface area contributed by atoms with Crippen molar-refractivity contribution in [3.63, 3.8) is 0 Å². The standard InChI is InChI=1S/C41H51N5O17S4/c1-40(2)32(44(17-7-19-64(52,53)54)29-10-5-9-27(36(29)40)31(47)25-46-34(48)13-14-35(46)49)11-6-12-33-41(3,4)37-28(39(51)43-16-22-67(61,62)63)23-26(38(50)42-15-21-66(58,59)60)24-30(37)45(33)18-8-20-65(55,56)57/h5-6,9-12,23-24H,7-8,13-22,25H2,1-4H3,(H5-,42,43,50,51,52,53,54,55,56,57,58,59,60,61,62,63). The van der Waals surface area contributed by atoms with Gasteiger partial charge in [0.2, 0.25) is 17.5 Å². The number of amides is 4. The quantitative estimate of drug-likeness (QED) is 0.0505. The summed E-state index contributed by atoms with van der Waals surface area (Å²) >= 11 is 0. The summed E-state index contributed by atoms with van der Waals surface area (Å²) in [6, 6.07) is 7.36. The lowest BCUT2D eigenvalue weighted by Gasteiger charge is -2.27. The van der Waals surface area contributed by atoms with Crippen molar-refractivity contribution in [3.05, 3.63) is 82.1 Å². The van der Waals surface area contributed by atoms with Gasteiger partial charge >= 0.3 is 0 Å². The number of nitrogens with one attached hydrogen (secondary N) is 2. The van der Waals surface area contributed by atoms with E-state index < -0.39 is 123 Å². The SMILES string of the molecule is CC1(C)C(=CC=CC2=[N+](CCCS(=O)(=O)O)c3cccc(C(=O)CN4C(=O)CCC4=O)c3C2(C)C)N(CCCS(=O)(=O)O)c2cc(C(=O)NCCS(=O)(=O)O)cc(C(=O)NCCS(=O)(=O)[O-])c21. The molecule has 2 aromatic carbocycles. The number of benzene rings is 2. The fourth-order valence-electron chi connectivity index (χ4n) is 8.58. The van der Waals surface area contributed by atoms with Crippen LogP contribution in [0.15, 0.2) is 54.3 Å². The van der Waals surface area contributed by atoms with Crippen LogP contribution in [-0.2, 0) is 60.9 Å². The average Bonchev–Trinajstić information content (AvgIpc) is 3.70.